The number of carbonyl (C=O) groups excluding carboxylic acids is 1. The summed E-state index contributed by atoms with van der Waals surface area (Å²) < 4.78 is 31.9. The molecule has 140 valence electrons. The lowest BCUT2D eigenvalue weighted by Crippen LogP contribution is -2.29. The molecule has 2 aliphatic carbocycles. The van der Waals surface area contributed by atoms with Gasteiger partial charge < -0.3 is 4.74 Å². The van der Waals surface area contributed by atoms with Gasteiger partial charge in [-0.2, -0.15) is 0 Å². The van der Waals surface area contributed by atoms with Crippen molar-refractivity contribution in [1.29, 1.82) is 0 Å². The lowest BCUT2D eigenvalue weighted by molar-refractivity contribution is -0.145. The van der Waals surface area contributed by atoms with Gasteiger partial charge in [0, 0.05) is 8.93 Å². The number of hydrogen-bond donors (Lipinski definition) is 0. The van der Waals surface area contributed by atoms with Crippen molar-refractivity contribution in [3.8, 4) is 0 Å². The largest absolute Gasteiger partial charge is 0.459 e. The molecule has 2 fully saturated rings. The van der Waals surface area contributed by atoms with E-state index in [0.717, 1.165) is 56.9 Å². The van der Waals surface area contributed by atoms with Crippen molar-refractivity contribution in [3.63, 3.8) is 0 Å². The van der Waals surface area contributed by atoms with Crippen LogP contribution in [-0.4, -0.2) is 12.1 Å². The predicted octanol–water partition coefficient (Wildman–Crippen LogP) is 6.02. The van der Waals surface area contributed by atoms with Crippen LogP contribution in [0.2, 0.25) is 0 Å². The minimum atomic E-state index is -0.772. The van der Waals surface area contributed by atoms with E-state index in [1.165, 1.54) is 18.2 Å². The molecule has 2 aliphatic rings. The van der Waals surface area contributed by atoms with Crippen LogP contribution in [0.1, 0.15) is 65.7 Å². The predicted molar refractivity (Wildman–Crippen MR) is 97.3 cm³/mol. The summed E-state index contributed by atoms with van der Waals surface area (Å²) in [6.07, 6.45) is 9.73. The van der Waals surface area contributed by atoms with E-state index in [0.29, 0.717) is 17.8 Å². The van der Waals surface area contributed by atoms with Crippen molar-refractivity contribution in [3.05, 3.63) is 48.1 Å². The van der Waals surface area contributed by atoms with E-state index in [1.54, 1.807) is 6.07 Å². The third-order valence-corrected chi connectivity index (χ3v) is 6.02. The Bertz CT molecular complexity index is 623. The van der Waals surface area contributed by atoms with Crippen LogP contribution in [0.3, 0.4) is 0 Å². The van der Waals surface area contributed by atoms with E-state index in [9.17, 15) is 13.6 Å². The van der Waals surface area contributed by atoms with Gasteiger partial charge in [0.25, 0.3) is 0 Å². The van der Waals surface area contributed by atoms with Crippen LogP contribution in [-0.2, 0) is 9.53 Å². The second kappa shape index (κ2) is 8.11. The monoisotopic (exact) mass is 352 g/mol. The lowest BCUT2D eigenvalue weighted by Gasteiger charge is -2.37. The van der Waals surface area contributed by atoms with Crippen LogP contribution >= 0.6 is 0 Å². The molecule has 0 atom stereocenters. The molecule has 2 nitrogen and oxygen atoms in total. The molecule has 0 radical (unpaired) electrons. The quantitative estimate of drug-likeness (QED) is 0.489. The minimum Gasteiger partial charge on any atom is -0.459 e. The Kier molecular flexibility index (Phi) is 5.87. The minimum absolute atomic E-state index is 0. The zero-order chi connectivity index (χ0) is 17.8. The first kappa shape index (κ1) is 18.1. The molecule has 0 aliphatic heterocycles. The molecule has 0 heterocycles. The highest BCUT2D eigenvalue weighted by Gasteiger charge is 2.32. The molecule has 25 heavy (non-hydrogen) atoms. The Hall–Kier alpha value is -1.71. The first-order chi connectivity index (χ1) is 12.1. The number of ether oxygens (including phenoxy) is 1. The standard InChI is InChI=1S/C21H26F2O2.2H2/c1-2-21(24)25-18-10-7-15(8-11-18)14-3-5-16(6-4-14)17-9-12-19(22)20(23)13-17;;/h2,9,12-16,18H,1,3-8,10-11H2;2*1H. The van der Waals surface area contributed by atoms with Gasteiger partial charge in [0.1, 0.15) is 6.10 Å². The average Bonchev–Trinajstić information content (AvgIpc) is 2.65. The highest BCUT2D eigenvalue weighted by molar-refractivity contribution is 5.81. The molecule has 2 saturated carbocycles. The van der Waals surface area contributed by atoms with Crippen LogP contribution in [0.25, 0.3) is 0 Å². The van der Waals surface area contributed by atoms with Crippen LogP contribution in [0.4, 0.5) is 8.78 Å². The average molecular weight is 352 g/mol. The lowest BCUT2D eigenvalue weighted by atomic mass is 9.69. The van der Waals surface area contributed by atoms with Gasteiger partial charge in [-0.05, 0) is 86.8 Å². The van der Waals surface area contributed by atoms with Crippen molar-refractivity contribution in [2.45, 2.75) is 63.4 Å². The Morgan fingerprint density at radius 3 is 2.16 bits per heavy atom. The Morgan fingerprint density at radius 1 is 1.00 bits per heavy atom. The summed E-state index contributed by atoms with van der Waals surface area (Å²) in [6, 6.07) is 4.32. The second-order valence-corrected chi connectivity index (χ2v) is 7.46. The maximum atomic E-state index is 13.4. The van der Waals surface area contributed by atoms with E-state index in [1.807, 2.05) is 0 Å². The number of benzene rings is 1. The van der Waals surface area contributed by atoms with Crippen molar-refractivity contribution >= 4 is 5.97 Å². The maximum absolute atomic E-state index is 13.4. The second-order valence-electron chi connectivity index (χ2n) is 7.46. The highest BCUT2D eigenvalue weighted by atomic mass is 19.2. The van der Waals surface area contributed by atoms with Gasteiger partial charge in [0.15, 0.2) is 11.6 Å². The summed E-state index contributed by atoms with van der Waals surface area (Å²) in [6.45, 7) is 3.44. The van der Waals surface area contributed by atoms with Gasteiger partial charge >= 0.3 is 5.97 Å². The summed E-state index contributed by atoms with van der Waals surface area (Å²) in [5.41, 5.74) is 0.928. The first-order valence-electron chi connectivity index (χ1n) is 9.34. The summed E-state index contributed by atoms with van der Waals surface area (Å²) in [7, 11) is 0. The Labute approximate surface area is 151 Å². The fourth-order valence-electron chi connectivity index (χ4n) is 4.58. The number of rotatable bonds is 4. The van der Waals surface area contributed by atoms with Gasteiger partial charge in [-0.1, -0.05) is 12.6 Å². The molecule has 0 spiro atoms. The van der Waals surface area contributed by atoms with E-state index in [4.69, 9.17) is 4.74 Å². The van der Waals surface area contributed by atoms with Crippen molar-refractivity contribution < 1.29 is 21.2 Å². The summed E-state index contributed by atoms with van der Waals surface area (Å²) in [5.74, 6) is -0.0905. The summed E-state index contributed by atoms with van der Waals surface area (Å²) >= 11 is 0. The zero-order valence-electron chi connectivity index (χ0n) is 14.6. The third kappa shape index (κ3) is 4.47. The van der Waals surface area contributed by atoms with Gasteiger partial charge in [-0.3, -0.25) is 0 Å². The Morgan fingerprint density at radius 2 is 1.60 bits per heavy atom. The van der Waals surface area contributed by atoms with E-state index in [-0.39, 0.29) is 14.9 Å². The molecule has 1 aromatic carbocycles. The van der Waals surface area contributed by atoms with Crippen LogP contribution in [0.15, 0.2) is 30.9 Å². The van der Waals surface area contributed by atoms with Gasteiger partial charge in [0.05, 0.1) is 0 Å². The van der Waals surface area contributed by atoms with Crippen LogP contribution in [0, 0.1) is 23.5 Å². The SMILES string of the molecule is C=CC(=O)OC1CCC(C2CCC(c3ccc(F)c(F)c3)CC2)CC1.[HH].[HH]. The first-order valence-corrected chi connectivity index (χ1v) is 9.34. The molecule has 0 saturated heterocycles. The number of halogens is 2. The molecule has 0 bridgehead atoms. The molecule has 1 aromatic rings. The third-order valence-electron chi connectivity index (χ3n) is 6.02. The molecular formula is C21H30F2O2. The van der Waals surface area contributed by atoms with Crippen LogP contribution < -0.4 is 0 Å². The number of hydrogen-bond acceptors (Lipinski definition) is 2. The molecule has 0 aromatic heterocycles. The van der Waals surface area contributed by atoms with E-state index < -0.39 is 11.6 Å². The summed E-state index contributed by atoms with van der Waals surface area (Å²) in [4.78, 5) is 11.3. The molecule has 0 amide bonds. The molecule has 0 N–H and O–H groups in total. The highest BCUT2D eigenvalue weighted by Crippen LogP contribution is 2.43. The smallest absolute Gasteiger partial charge is 0.330 e. The Balaban J connectivity index is 0.00000182. The molecule has 3 rings (SSSR count). The summed E-state index contributed by atoms with van der Waals surface area (Å²) in [5, 5.41) is 0. The van der Waals surface area contributed by atoms with E-state index >= 15 is 0 Å². The van der Waals surface area contributed by atoms with Gasteiger partial charge in [-0.15, -0.1) is 0 Å². The van der Waals surface area contributed by atoms with E-state index in [2.05, 4.69) is 6.58 Å². The maximum Gasteiger partial charge on any atom is 0.330 e. The van der Waals surface area contributed by atoms with Crippen molar-refractivity contribution in [2.24, 2.45) is 11.8 Å². The van der Waals surface area contributed by atoms with Crippen molar-refractivity contribution in [2.75, 3.05) is 0 Å². The molecule has 4 heteroatoms. The van der Waals surface area contributed by atoms with Gasteiger partial charge in [-0.25, -0.2) is 13.6 Å². The topological polar surface area (TPSA) is 26.3 Å². The van der Waals surface area contributed by atoms with Crippen LogP contribution in [0.5, 0.6) is 0 Å². The van der Waals surface area contributed by atoms with Crippen molar-refractivity contribution in [1.82, 2.24) is 0 Å². The zero-order valence-corrected chi connectivity index (χ0v) is 14.6. The fraction of sp³-hybridized carbons (Fsp3) is 0.571. The normalized spacial score (nSPS) is 29.8. The number of esters is 1. The molecular weight excluding hydrogens is 322 g/mol. The molecule has 0 unspecified atom stereocenters. The fourth-order valence-corrected chi connectivity index (χ4v) is 4.58. The van der Waals surface area contributed by atoms with Gasteiger partial charge in [0.2, 0.25) is 0 Å². The number of carbonyl (C=O) groups is 1.